The van der Waals surface area contributed by atoms with Crippen LogP contribution >= 0.6 is 12.4 Å². The Morgan fingerprint density at radius 1 is 1.13 bits per heavy atom. The lowest BCUT2D eigenvalue weighted by Gasteiger charge is -2.35. The number of likely N-dealkylation sites (tertiary alicyclic amines) is 1. The predicted octanol–water partition coefficient (Wildman–Crippen LogP) is 3.69. The van der Waals surface area contributed by atoms with Gasteiger partial charge in [-0.25, -0.2) is 4.98 Å². The molecule has 1 fully saturated rings. The van der Waals surface area contributed by atoms with Crippen LogP contribution in [0.5, 0.6) is 0 Å². The number of amides is 1. The Morgan fingerprint density at radius 3 is 2.48 bits per heavy atom. The summed E-state index contributed by atoms with van der Waals surface area (Å²) in [5.41, 5.74) is 0. The summed E-state index contributed by atoms with van der Waals surface area (Å²) >= 11 is 0. The van der Waals surface area contributed by atoms with E-state index in [2.05, 4.69) is 30.9 Å². The Morgan fingerprint density at radius 2 is 1.81 bits per heavy atom. The summed E-state index contributed by atoms with van der Waals surface area (Å²) in [5.74, 6) is 0.704. The van der Waals surface area contributed by atoms with Crippen LogP contribution in [0.1, 0.15) is 70.5 Å². The first-order valence-corrected chi connectivity index (χ1v) is 11.6. The van der Waals surface area contributed by atoms with Gasteiger partial charge in [-0.3, -0.25) is 9.59 Å². The Labute approximate surface area is 193 Å². The molecule has 1 aromatic rings. The third kappa shape index (κ3) is 10.0. The van der Waals surface area contributed by atoms with Crippen LogP contribution in [0.2, 0.25) is 0 Å². The summed E-state index contributed by atoms with van der Waals surface area (Å²) in [6.07, 6.45) is 13.5. The Kier molecular flexibility index (Phi) is 13.5. The number of ether oxygens (including phenoxy) is 1. The minimum Gasteiger partial charge on any atom is -0.464 e. The van der Waals surface area contributed by atoms with Crippen LogP contribution < -0.4 is 0 Å². The minimum absolute atomic E-state index is 0. The number of hydrogen-bond acceptors (Lipinski definition) is 5. The van der Waals surface area contributed by atoms with Crippen LogP contribution in [0, 0.1) is 0 Å². The third-order valence-electron chi connectivity index (χ3n) is 5.97. The second-order valence-electron chi connectivity index (χ2n) is 8.54. The second-order valence-corrected chi connectivity index (χ2v) is 8.54. The number of aryl methyl sites for hydroxylation is 1. The minimum atomic E-state index is -0.236. The summed E-state index contributed by atoms with van der Waals surface area (Å²) in [6.45, 7) is 4.49. The summed E-state index contributed by atoms with van der Waals surface area (Å²) in [4.78, 5) is 33.2. The van der Waals surface area contributed by atoms with Crippen molar-refractivity contribution >= 4 is 24.3 Å². The van der Waals surface area contributed by atoms with Gasteiger partial charge in [0.05, 0.1) is 6.61 Å². The number of halogens is 1. The second kappa shape index (κ2) is 15.2. The van der Waals surface area contributed by atoms with E-state index in [0.29, 0.717) is 25.5 Å². The number of carbonyl (C=O) groups is 2. The third-order valence-corrected chi connectivity index (χ3v) is 5.97. The average Bonchev–Trinajstić information content (AvgIpc) is 3.18. The van der Waals surface area contributed by atoms with Gasteiger partial charge in [0.15, 0.2) is 0 Å². The number of esters is 1. The lowest BCUT2D eigenvalue weighted by molar-refractivity contribution is -0.144. The number of nitrogens with zero attached hydrogens (tertiary/aromatic N) is 4. The zero-order chi connectivity index (χ0) is 21.8. The lowest BCUT2D eigenvalue weighted by atomic mass is 10.0. The molecule has 0 atom stereocenters. The van der Waals surface area contributed by atoms with Gasteiger partial charge in [0.2, 0.25) is 5.91 Å². The molecule has 0 saturated carbocycles. The number of aromatic nitrogens is 2. The van der Waals surface area contributed by atoms with Gasteiger partial charge < -0.3 is 19.1 Å². The van der Waals surface area contributed by atoms with E-state index in [9.17, 15) is 9.59 Å². The molecular formula is C23H41ClN4O3. The fourth-order valence-corrected chi connectivity index (χ4v) is 3.97. The van der Waals surface area contributed by atoms with Gasteiger partial charge in [-0.1, -0.05) is 39.0 Å². The van der Waals surface area contributed by atoms with E-state index < -0.39 is 0 Å². The number of imidazole rings is 1. The normalized spacial score (nSPS) is 14.5. The average molecular weight is 457 g/mol. The maximum absolute atomic E-state index is 12.6. The zero-order valence-electron chi connectivity index (χ0n) is 19.6. The lowest BCUT2D eigenvalue weighted by Crippen LogP contribution is -2.44. The highest BCUT2D eigenvalue weighted by Gasteiger charge is 2.24. The van der Waals surface area contributed by atoms with Crippen molar-refractivity contribution in [2.45, 2.75) is 83.7 Å². The van der Waals surface area contributed by atoms with Crippen molar-refractivity contribution in [1.82, 2.24) is 19.4 Å². The molecule has 2 heterocycles. The fourth-order valence-electron chi connectivity index (χ4n) is 3.97. The molecule has 31 heavy (non-hydrogen) atoms. The topological polar surface area (TPSA) is 67.7 Å². The molecule has 0 aromatic carbocycles. The molecule has 8 heteroatoms. The SMILES string of the molecule is CCCCCCCCOC(=O)Cn1ccnc1CCC(=O)N1CCC(N(C)C)CC1.Cl. The van der Waals surface area contributed by atoms with Crippen LogP contribution in [0.15, 0.2) is 12.4 Å². The smallest absolute Gasteiger partial charge is 0.325 e. The molecule has 1 saturated heterocycles. The number of unbranched alkanes of at least 4 members (excludes halogenated alkanes) is 5. The standard InChI is InChI=1S/C23H40N4O3.ClH/c1-4-5-6-7-8-9-18-30-23(29)19-27-17-14-24-21(27)10-11-22(28)26-15-12-20(13-16-26)25(2)3;/h14,17,20H,4-13,15-16,18-19H2,1-3H3;1H. The highest BCUT2D eigenvalue weighted by molar-refractivity contribution is 5.85. The largest absolute Gasteiger partial charge is 0.464 e. The fraction of sp³-hybridized carbons (Fsp3) is 0.783. The summed E-state index contributed by atoms with van der Waals surface area (Å²) < 4.78 is 7.16. The van der Waals surface area contributed by atoms with E-state index in [1.807, 2.05) is 4.90 Å². The van der Waals surface area contributed by atoms with Gasteiger partial charge in [-0.05, 0) is 33.4 Å². The van der Waals surface area contributed by atoms with Crippen molar-refractivity contribution in [2.24, 2.45) is 0 Å². The molecule has 1 aliphatic rings. The van der Waals surface area contributed by atoms with Crippen molar-refractivity contribution in [1.29, 1.82) is 0 Å². The quantitative estimate of drug-likeness (QED) is 0.334. The number of hydrogen-bond donors (Lipinski definition) is 0. The molecule has 1 aromatic heterocycles. The molecule has 0 bridgehead atoms. The molecule has 1 amide bonds. The van der Waals surface area contributed by atoms with Gasteiger partial charge in [0.1, 0.15) is 12.4 Å². The molecule has 0 spiro atoms. The van der Waals surface area contributed by atoms with Crippen molar-refractivity contribution in [3.8, 4) is 0 Å². The molecule has 0 unspecified atom stereocenters. The zero-order valence-corrected chi connectivity index (χ0v) is 20.4. The molecular weight excluding hydrogens is 416 g/mol. The first-order valence-electron chi connectivity index (χ1n) is 11.6. The van der Waals surface area contributed by atoms with Gasteiger partial charge in [-0.2, -0.15) is 0 Å². The van der Waals surface area contributed by atoms with Crippen LogP contribution in [0.25, 0.3) is 0 Å². The Hall–Kier alpha value is -1.60. The van der Waals surface area contributed by atoms with Gasteiger partial charge in [0.25, 0.3) is 0 Å². The van der Waals surface area contributed by atoms with Crippen LogP contribution in [0.4, 0.5) is 0 Å². The van der Waals surface area contributed by atoms with Gasteiger partial charge in [-0.15, -0.1) is 12.4 Å². The van der Waals surface area contributed by atoms with Crippen molar-refractivity contribution in [3.05, 3.63) is 18.2 Å². The molecule has 0 aliphatic carbocycles. The number of carbonyl (C=O) groups excluding carboxylic acids is 2. The van der Waals surface area contributed by atoms with Crippen molar-refractivity contribution < 1.29 is 14.3 Å². The first kappa shape index (κ1) is 27.4. The van der Waals surface area contributed by atoms with E-state index in [4.69, 9.17) is 4.74 Å². The molecule has 0 radical (unpaired) electrons. The van der Waals surface area contributed by atoms with Crippen molar-refractivity contribution in [2.75, 3.05) is 33.8 Å². The first-order chi connectivity index (χ1) is 14.5. The van der Waals surface area contributed by atoms with E-state index >= 15 is 0 Å². The van der Waals surface area contributed by atoms with E-state index in [0.717, 1.165) is 44.6 Å². The molecule has 7 nitrogen and oxygen atoms in total. The van der Waals surface area contributed by atoms with E-state index in [1.54, 1.807) is 17.0 Å². The molecule has 178 valence electrons. The predicted molar refractivity (Wildman–Crippen MR) is 125 cm³/mol. The van der Waals surface area contributed by atoms with E-state index in [1.165, 1.54) is 25.7 Å². The summed E-state index contributed by atoms with van der Waals surface area (Å²) in [5, 5.41) is 0. The monoisotopic (exact) mass is 456 g/mol. The molecule has 0 N–H and O–H groups in total. The molecule has 2 rings (SSSR count). The van der Waals surface area contributed by atoms with Crippen molar-refractivity contribution in [3.63, 3.8) is 0 Å². The highest BCUT2D eigenvalue weighted by atomic mass is 35.5. The number of rotatable bonds is 13. The highest BCUT2D eigenvalue weighted by Crippen LogP contribution is 2.15. The van der Waals surface area contributed by atoms with Gasteiger partial charge in [0, 0.05) is 44.4 Å². The summed E-state index contributed by atoms with van der Waals surface area (Å²) in [6, 6.07) is 0.565. The van der Waals surface area contributed by atoms with Gasteiger partial charge >= 0.3 is 5.97 Å². The number of piperidine rings is 1. The maximum Gasteiger partial charge on any atom is 0.325 e. The van der Waals surface area contributed by atoms with E-state index in [-0.39, 0.29) is 30.8 Å². The Bertz CT molecular complexity index is 643. The maximum atomic E-state index is 12.6. The van der Waals surface area contributed by atoms with Crippen LogP contribution in [-0.2, 0) is 27.3 Å². The molecule has 1 aliphatic heterocycles. The van der Waals surface area contributed by atoms with Crippen LogP contribution in [-0.4, -0.2) is 71.1 Å². The van der Waals surface area contributed by atoms with Crippen LogP contribution in [0.3, 0.4) is 0 Å². The Balaban J connectivity index is 0.00000480. The summed E-state index contributed by atoms with van der Waals surface area (Å²) in [7, 11) is 4.20.